The summed E-state index contributed by atoms with van der Waals surface area (Å²) in [6, 6.07) is 5.29. The minimum Gasteiger partial charge on any atom is -0.296 e. The molecular formula is C12H16FN. The van der Waals surface area contributed by atoms with Crippen LogP contribution in [0.3, 0.4) is 0 Å². The van der Waals surface area contributed by atoms with Crippen molar-refractivity contribution in [3.05, 3.63) is 35.1 Å². The van der Waals surface area contributed by atoms with E-state index in [1.54, 1.807) is 19.2 Å². The Balaban J connectivity index is 3.13. The minimum absolute atomic E-state index is 0.0112. The molecule has 0 aliphatic carbocycles. The minimum atomic E-state index is -0.206. The van der Waals surface area contributed by atoms with Gasteiger partial charge in [0.1, 0.15) is 5.82 Å². The first-order chi connectivity index (χ1) is 6.45. The second kappa shape index (κ2) is 3.91. The van der Waals surface area contributed by atoms with Gasteiger partial charge in [-0.3, -0.25) is 4.99 Å². The van der Waals surface area contributed by atoms with Gasteiger partial charge < -0.3 is 0 Å². The highest BCUT2D eigenvalue weighted by atomic mass is 19.1. The van der Waals surface area contributed by atoms with Crippen molar-refractivity contribution < 1.29 is 4.39 Å². The first-order valence-electron chi connectivity index (χ1n) is 4.67. The summed E-state index contributed by atoms with van der Waals surface area (Å²) in [5.41, 5.74) is 1.53. The van der Waals surface area contributed by atoms with Crippen LogP contribution in [-0.4, -0.2) is 13.3 Å². The number of halogens is 1. The van der Waals surface area contributed by atoms with Crippen molar-refractivity contribution in [2.24, 2.45) is 4.99 Å². The van der Waals surface area contributed by atoms with Gasteiger partial charge >= 0.3 is 0 Å². The second-order valence-electron chi connectivity index (χ2n) is 4.37. The lowest BCUT2D eigenvalue weighted by Crippen LogP contribution is -2.11. The molecule has 0 aromatic heterocycles. The van der Waals surface area contributed by atoms with Crippen LogP contribution >= 0.6 is 0 Å². The lowest BCUT2D eigenvalue weighted by atomic mass is 9.86. The third-order valence-corrected chi connectivity index (χ3v) is 2.13. The molecular weight excluding hydrogens is 177 g/mol. The fraction of sp³-hybridized carbons (Fsp3) is 0.417. The fourth-order valence-corrected chi connectivity index (χ4v) is 1.24. The highest BCUT2D eigenvalue weighted by Gasteiger charge is 2.14. The highest BCUT2D eigenvalue weighted by Crippen LogP contribution is 2.23. The Hall–Kier alpha value is -1.18. The van der Waals surface area contributed by atoms with E-state index in [9.17, 15) is 4.39 Å². The van der Waals surface area contributed by atoms with Crippen molar-refractivity contribution in [2.75, 3.05) is 7.05 Å². The molecule has 0 saturated heterocycles. The predicted octanol–water partition coefficient (Wildman–Crippen LogP) is 3.17. The topological polar surface area (TPSA) is 12.4 Å². The number of aliphatic imine (C=N–C) groups is 1. The molecule has 0 aliphatic heterocycles. The SMILES string of the molecule is CN=Cc1ccc(C(C)(C)C)cc1F. The van der Waals surface area contributed by atoms with Crippen LogP contribution in [0.25, 0.3) is 0 Å². The van der Waals surface area contributed by atoms with E-state index in [2.05, 4.69) is 25.8 Å². The van der Waals surface area contributed by atoms with E-state index in [1.807, 2.05) is 6.07 Å². The third-order valence-electron chi connectivity index (χ3n) is 2.13. The van der Waals surface area contributed by atoms with Crippen molar-refractivity contribution >= 4 is 6.21 Å². The second-order valence-corrected chi connectivity index (χ2v) is 4.37. The van der Waals surface area contributed by atoms with Crippen LogP contribution in [0, 0.1) is 5.82 Å². The summed E-state index contributed by atoms with van der Waals surface area (Å²) in [5.74, 6) is -0.206. The number of hydrogen-bond acceptors (Lipinski definition) is 1. The molecule has 1 aromatic carbocycles. The molecule has 0 radical (unpaired) electrons. The van der Waals surface area contributed by atoms with Gasteiger partial charge in [-0.2, -0.15) is 0 Å². The maximum atomic E-state index is 13.5. The Morgan fingerprint density at radius 1 is 1.29 bits per heavy atom. The summed E-state index contributed by atoms with van der Waals surface area (Å²) in [4.78, 5) is 3.79. The Bertz CT molecular complexity index is 348. The zero-order valence-corrected chi connectivity index (χ0v) is 9.13. The first kappa shape index (κ1) is 10.9. The molecule has 2 heteroatoms. The molecule has 76 valence electrons. The van der Waals surface area contributed by atoms with Gasteiger partial charge in [-0.25, -0.2) is 4.39 Å². The smallest absolute Gasteiger partial charge is 0.132 e. The monoisotopic (exact) mass is 193 g/mol. The molecule has 0 N–H and O–H groups in total. The van der Waals surface area contributed by atoms with Gasteiger partial charge in [-0.15, -0.1) is 0 Å². The lowest BCUT2D eigenvalue weighted by molar-refractivity contribution is 0.571. The zero-order chi connectivity index (χ0) is 10.8. The molecule has 0 atom stereocenters. The Morgan fingerprint density at radius 3 is 2.36 bits per heavy atom. The van der Waals surface area contributed by atoms with Crippen molar-refractivity contribution in [1.29, 1.82) is 0 Å². The largest absolute Gasteiger partial charge is 0.296 e. The number of benzene rings is 1. The Morgan fingerprint density at radius 2 is 1.93 bits per heavy atom. The van der Waals surface area contributed by atoms with E-state index < -0.39 is 0 Å². The van der Waals surface area contributed by atoms with Crippen molar-refractivity contribution in [3.63, 3.8) is 0 Å². The van der Waals surface area contributed by atoms with Crippen LogP contribution in [0.15, 0.2) is 23.2 Å². The average molecular weight is 193 g/mol. The molecule has 0 heterocycles. The van der Waals surface area contributed by atoms with Crippen molar-refractivity contribution in [1.82, 2.24) is 0 Å². The summed E-state index contributed by atoms with van der Waals surface area (Å²) in [6.07, 6.45) is 1.53. The third kappa shape index (κ3) is 2.41. The molecule has 0 aliphatic rings. The quantitative estimate of drug-likeness (QED) is 0.607. The van der Waals surface area contributed by atoms with Crippen LogP contribution in [0.4, 0.5) is 4.39 Å². The van der Waals surface area contributed by atoms with E-state index >= 15 is 0 Å². The van der Waals surface area contributed by atoms with E-state index in [4.69, 9.17) is 0 Å². The number of nitrogens with zero attached hydrogens (tertiary/aromatic N) is 1. The van der Waals surface area contributed by atoms with Crippen molar-refractivity contribution in [3.8, 4) is 0 Å². The summed E-state index contributed by atoms with van der Waals surface area (Å²) in [7, 11) is 1.64. The van der Waals surface area contributed by atoms with Crippen LogP contribution in [0.2, 0.25) is 0 Å². The van der Waals surface area contributed by atoms with Gasteiger partial charge in [0.15, 0.2) is 0 Å². The number of hydrogen-bond donors (Lipinski definition) is 0. The van der Waals surface area contributed by atoms with Gasteiger partial charge in [0.05, 0.1) is 0 Å². The van der Waals surface area contributed by atoms with Gasteiger partial charge in [0.2, 0.25) is 0 Å². The standard InChI is InChI=1S/C12H16FN/c1-12(2,3)10-6-5-9(8-14-4)11(13)7-10/h5-8H,1-4H3. The number of rotatable bonds is 1. The maximum Gasteiger partial charge on any atom is 0.132 e. The predicted molar refractivity (Wildman–Crippen MR) is 58.6 cm³/mol. The molecule has 0 amide bonds. The van der Waals surface area contributed by atoms with Gasteiger partial charge in [-0.1, -0.05) is 32.9 Å². The van der Waals surface area contributed by atoms with E-state index in [1.165, 1.54) is 6.21 Å². The fourth-order valence-electron chi connectivity index (χ4n) is 1.24. The summed E-state index contributed by atoms with van der Waals surface area (Å²) < 4.78 is 13.5. The molecule has 0 bridgehead atoms. The molecule has 1 rings (SSSR count). The van der Waals surface area contributed by atoms with Gasteiger partial charge in [0, 0.05) is 18.8 Å². The maximum absolute atomic E-state index is 13.5. The molecule has 14 heavy (non-hydrogen) atoms. The molecule has 0 saturated carbocycles. The Labute approximate surface area is 84.7 Å². The van der Waals surface area contributed by atoms with Crippen LogP contribution < -0.4 is 0 Å². The van der Waals surface area contributed by atoms with Crippen molar-refractivity contribution in [2.45, 2.75) is 26.2 Å². The summed E-state index contributed by atoms with van der Waals surface area (Å²) in [6.45, 7) is 6.19. The van der Waals surface area contributed by atoms with Crippen LogP contribution in [-0.2, 0) is 5.41 Å². The summed E-state index contributed by atoms with van der Waals surface area (Å²) >= 11 is 0. The Kier molecular flexibility index (Phi) is 3.04. The first-order valence-corrected chi connectivity index (χ1v) is 4.67. The molecule has 0 unspecified atom stereocenters. The average Bonchev–Trinajstić information content (AvgIpc) is 2.07. The summed E-state index contributed by atoms with van der Waals surface area (Å²) in [5, 5.41) is 0. The van der Waals surface area contributed by atoms with Crippen LogP contribution in [0.5, 0.6) is 0 Å². The normalized spacial score (nSPS) is 12.4. The van der Waals surface area contributed by atoms with Gasteiger partial charge in [0.25, 0.3) is 0 Å². The zero-order valence-electron chi connectivity index (χ0n) is 9.13. The highest BCUT2D eigenvalue weighted by molar-refractivity contribution is 5.79. The van der Waals surface area contributed by atoms with Crippen LogP contribution in [0.1, 0.15) is 31.9 Å². The lowest BCUT2D eigenvalue weighted by Gasteiger charge is -2.19. The van der Waals surface area contributed by atoms with E-state index in [-0.39, 0.29) is 11.2 Å². The van der Waals surface area contributed by atoms with E-state index in [0.29, 0.717) is 5.56 Å². The van der Waals surface area contributed by atoms with Gasteiger partial charge in [-0.05, 0) is 17.0 Å². The molecule has 0 fully saturated rings. The van der Waals surface area contributed by atoms with E-state index in [0.717, 1.165) is 5.56 Å². The molecule has 1 aromatic rings. The molecule has 0 spiro atoms. The molecule has 1 nitrogen and oxygen atoms in total.